The van der Waals surface area contributed by atoms with Crippen LogP contribution in [-0.2, 0) is 9.53 Å². The highest BCUT2D eigenvalue weighted by Crippen LogP contribution is 2.37. The van der Waals surface area contributed by atoms with Crippen molar-refractivity contribution in [1.82, 2.24) is 5.32 Å². The van der Waals surface area contributed by atoms with Crippen LogP contribution in [0.1, 0.15) is 32.1 Å². The van der Waals surface area contributed by atoms with Crippen molar-refractivity contribution >= 4 is 5.91 Å². The molecule has 3 heteroatoms. The maximum Gasteiger partial charge on any atom is 0.222 e. The SMILES string of the molecule is C=CCCNC(=O)CC1(OC)CCC1. The molecular formula is C11H19NO2. The number of nitrogens with one attached hydrogen (secondary N) is 1. The first kappa shape index (κ1) is 11.2. The highest BCUT2D eigenvalue weighted by molar-refractivity contribution is 5.77. The highest BCUT2D eigenvalue weighted by atomic mass is 16.5. The lowest BCUT2D eigenvalue weighted by molar-refractivity contribution is -0.134. The largest absolute Gasteiger partial charge is 0.378 e. The monoisotopic (exact) mass is 197 g/mol. The number of hydrogen-bond acceptors (Lipinski definition) is 2. The Morgan fingerprint density at radius 1 is 1.64 bits per heavy atom. The molecule has 1 N–H and O–H groups in total. The fourth-order valence-electron chi connectivity index (χ4n) is 1.69. The van der Waals surface area contributed by atoms with Crippen LogP contribution in [0.5, 0.6) is 0 Å². The van der Waals surface area contributed by atoms with Gasteiger partial charge in [0, 0.05) is 13.7 Å². The van der Waals surface area contributed by atoms with Gasteiger partial charge in [-0.2, -0.15) is 0 Å². The fraction of sp³-hybridized carbons (Fsp3) is 0.727. The smallest absolute Gasteiger partial charge is 0.222 e. The fourth-order valence-corrected chi connectivity index (χ4v) is 1.69. The van der Waals surface area contributed by atoms with Gasteiger partial charge in [-0.3, -0.25) is 4.79 Å². The Morgan fingerprint density at radius 2 is 2.36 bits per heavy atom. The van der Waals surface area contributed by atoms with Crippen molar-refractivity contribution in [2.75, 3.05) is 13.7 Å². The standard InChI is InChI=1S/C11H19NO2/c1-3-4-8-12-10(13)9-11(14-2)6-5-7-11/h3H,1,4-9H2,2H3,(H,12,13). The van der Waals surface area contributed by atoms with Crippen molar-refractivity contribution in [3.63, 3.8) is 0 Å². The molecular weight excluding hydrogens is 178 g/mol. The molecule has 0 aromatic heterocycles. The summed E-state index contributed by atoms with van der Waals surface area (Å²) in [6.45, 7) is 4.28. The van der Waals surface area contributed by atoms with Gasteiger partial charge in [-0.15, -0.1) is 6.58 Å². The van der Waals surface area contributed by atoms with Crippen molar-refractivity contribution in [3.05, 3.63) is 12.7 Å². The summed E-state index contributed by atoms with van der Waals surface area (Å²) in [5.74, 6) is 0.0911. The van der Waals surface area contributed by atoms with Crippen LogP contribution in [-0.4, -0.2) is 25.2 Å². The normalized spacial score (nSPS) is 18.4. The van der Waals surface area contributed by atoms with E-state index in [2.05, 4.69) is 11.9 Å². The number of carbonyl (C=O) groups is 1. The Labute approximate surface area is 85.5 Å². The molecule has 0 radical (unpaired) electrons. The predicted octanol–water partition coefficient (Wildman–Crippen LogP) is 1.64. The first-order valence-electron chi connectivity index (χ1n) is 5.15. The lowest BCUT2D eigenvalue weighted by atomic mass is 9.77. The van der Waals surface area contributed by atoms with E-state index in [1.165, 1.54) is 6.42 Å². The third-order valence-corrected chi connectivity index (χ3v) is 2.85. The van der Waals surface area contributed by atoms with Gasteiger partial charge in [-0.05, 0) is 25.7 Å². The summed E-state index contributed by atoms with van der Waals surface area (Å²) in [5, 5.41) is 2.85. The molecule has 0 aliphatic heterocycles. The summed E-state index contributed by atoms with van der Waals surface area (Å²) in [7, 11) is 1.69. The van der Waals surface area contributed by atoms with Gasteiger partial charge in [0.25, 0.3) is 0 Å². The quantitative estimate of drug-likeness (QED) is 0.519. The van der Waals surface area contributed by atoms with Crippen LogP contribution in [0.25, 0.3) is 0 Å². The first-order valence-corrected chi connectivity index (χ1v) is 5.15. The molecule has 14 heavy (non-hydrogen) atoms. The average molecular weight is 197 g/mol. The van der Waals surface area contributed by atoms with Gasteiger partial charge >= 0.3 is 0 Å². The van der Waals surface area contributed by atoms with Crippen molar-refractivity contribution in [3.8, 4) is 0 Å². The lowest BCUT2D eigenvalue weighted by Gasteiger charge is -2.39. The maximum atomic E-state index is 11.5. The average Bonchev–Trinajstić information content (AvgIpc) is 2.12. The van der Waals surface area contributed by atoms with E-state index in [9.17, 15) is 4.79 Å². The van der Waals surface area contributed by atoms with E-state index in [4.69, 9.17) is 4.74 Å². The van der Waals surface area contributed by atoms with Crippen molar-refractivity contribution < 1.29 is 9.53 Å². The van der Waals surface area contributed by atoms with E-state index in [1.807, 2.05) is 0 Å². The topological polar surface area (TPSA) is 38.3 Å². The molecule has 0 unspecified atom stereocenters. The van der Waals surface area contributed by atoms with Crippen molar-refractivity contribution in [1.29, 1.82) is 0 Å². The zero-order valence-electron chi connectivity index (χ0n) is 8.84. The van der Waals surface area contributed by atoms with Crippen molar-refractivity contribution in [2.45, 2.75) is 37.7 Å². The van der Waals surface area contributed by atoms with Crippen LogP contribution in [0.4, 0.5) is 0 Å². The van der Waals surface area contributed by atoms with E-state index >= 15 is 0 Å². The molecule has 0 aromatic rings. The van der Waals surface area contributed by atoms with Crippen LogP contribution < -0.4 is 5.32 Å². The van der Waals surface area contributed by atoms with E-state index < -0.39 is 0 Å². The number of rotatable bonds is 6. The van der Waals surface area contributed by atoms with Gasteiger partial charge in [-0.1, -0.05) is 6.08 Å². The van der Waals surface area contributed by atoms with Gasteiger partial charge in [0.1, 0.15) is 0 Å². The van der Waals surface area contributed by atoms with Gasteiger partial charge in [0.05, 0.1) is 12.0 Å². The van der Waals surface area contributed by atoms with Crippen molar-refractivity contribution in [2.24, 2.45) is 0 Å². The second kappa shape index (κ2) is 5.15. The zero-order chi connectivity index (χ0) is 10.4. The minimum atomic E-state index is -0.155. The highest BCUT2D eigenvalue weighted by Gasteiger charge is 2.38. The molecule has 0 bridgehead atoms. The van der Waals surface area contributed by atoms with Gasteiger partial charge in [0.2, 0.25) is 5.91 Å². The van der Waals surface area contributed by atoms with Crippen LogP contribution in [0.3, 0.4) is 0 Å². The number of methoxy groups -OCH3 is 1. The Bertz CT molecular complexity index is 204. The molecule has 1 rings (SSSR count). The third-order valence-electron chi connectivity index (χ3n) is 2.85. The van der Waals surface area contributed by atoms with Crippen LogP contribution in [0, 0.1) is 0 Å². The molecule has 0 atom stereocenters. The Balaban J connectivity index is 2.21. The molecule has 1 aliphatic carbocycles. The molecule has 0 aromatic carbocycles. The molecule has 1 aliphatic rings. The van der Waals surface area contributed by atoms with E-state index in [-0.39, 0.29) is 11.5 Å². The summed E-state index contributed by atoms with van der Waals surface area (Å²) in [4.78, 5) is 11.5. The third kappa shape index (κ3) is 2.84. The minimum Gasteiger partial charge on any atom is -0.378 e. The summed E-state index contributed by atoms with van der Waals surface area (Å²) in [6, 6.07) is 0. The van der Waals surface area contributed by atoms with E-state index in [1.54, 1.807) is 13.2 Å². The van der Waals surface area contributed by atoms with Crippen LogP contribution >= 0.6 is 0 Å². The first-order chi connectivity index (χ1) is 6.72. The molecule has 1 fully saturated rings. The molecule has 1 amide bonds. The number of amides is 1. The molecule has 0 spiro atoms. The summed E-state index contributed by atoms with van der Waals surface area (Å²) in [5.41, 5.74) is -0.155. The maximum absolute atomic E-state index is 11.5. The summed E-state index contributed by atoms with van der Waals surface area (Å²) >= 11 is 0. The van der Waals surface area contributed by atoms with E-state index in [0.29, 0.717) is 13.0 Å². The number of ether oxygens (including phenoxy) is 1. The summed E-state index contributed by atoms with van der Waals surface area (Å²) < 4.78 is 5.37. The lowest BCUT2D eigenvalue weighted by Crippen LogP contribution is -2.44. The summed E-state index contributed by atoms with van der Waals surface area (Å²) in [6.07, 6.45) is 6.33. The molecule has 3 nitrogen and oxygen atoms in total. The second-order valence-electron chi connectivity index (χ2n) is 3.84. The van der Waals surface area contributed by atoms with E-state index in [0.717, 1.165) is 19.3 Å². The van der Waals surface area contributed by atoms with Gasteiger partial charge < -0.3 is 10.1 Å². The van der Waals surface area contributed by atoms with Crippen LogP contribution in [0.15, 0.2) is 12.7 Å². The number of hydrogen-bond donors (Lipinski definition) is 1. The van der Waals surface area contributed by atoms with Crippen LogP contribution in [0.2, 0.25) is 0 Å². The Kier molecular flexibility index (Phi) is 4.14. The molecule has 80 valence electrons. The number of carbonyl (C=O) groups excluding carboxylic acids is 1. The Morgan fingerprint density at radius 3 is 2.79 bits per heavy atom. The second-order valence-corrected chi connectivity index (χ2v) is 3.84. The molecule has 0 heterocycles. The molecule has 1 saturated carbocycles. The Hall–Kier alpha value is -0.830. The predicted molar refractivity (Wildman–Crippen MR) is 56.0 cm³/mol. The molecule has 0 saturated heterocycles. The zero-order valence-corrected chi connectivity index (χ0v) is 8.84. The van der Waals surface area contributed by atoms with Gasteiger partial charge in [-0.25, -0.2) is 0 Å². The van der Waals surface area contributed by atoms with Gasteiger partial charge in [0.15, 0.2) is 0 Å². The minimum absolute atomic E-state index is 0.0911.